The van der Waals surface area contributed by atoms with Gasteiger partial charge in [-0.15, -0.1) is 0 Å². The molecule has 0 aromatic heterocycles. The van der Waals surface area contributed by atoms with Crippen LogP contribution in [0.5, 0.6) is 0 Å². The molecule has 0 aliphatic heterocycles. The van der Waals surface area contributed by atoms with Crippen LogP contribution in [-0.2, 0) is 28.6 Å². The fourth-order valence-electron chi connectivity index (χ4n) is 8.89. The maximum absolute atomic E-state index is 12.9. The van der Waals surface area contributed by atoms with Crippen LogP contribution in [-0.4, -0.2) is 37.2 Å². The summed E-state index contributed by atoms with van der Waals surface area (Å²) < 4.78 is 16.9. The van der Waals surface area contributed by atoms with Gasteiger partial charge < -0.3 is 14.2 Å². The van der Waals surface area contributed by atoms with Crippen LogP contribution < -0.4 is 0 Å². The van der Waals surface area contributed by atoms with Crippen LogP contribution >= 0.6 is 0 Å². The molecule has 0 heterocycles. The summed E-state index contributed by atoms with van der Waals surface area (Å²) in [5, 5.41) is 0. The maximum atomic E-state index is 12.9. The summed E-state index contributed by atoms with van der Waals surface area (Å²) in [4.78, 5) is 38.1. The molecule has 1 atom stereocenters. The van der Waals surface area contributed by atoms with E-state index in [4.69, 9.17) is 14.2 Å². The molecule has 0 fully saturated rings. The Kier molecular flexibility index (Phi) is 54.7. The molecule has 0 amide bonds. The molecule has 0 bridgehead atoms. The van der Waals surface area contributed by atoms with Crippen LogP contribution in [0.4, 0.5) is 0 Å². The second-order valence-electron chi connectivity index (χ2n) is 20.3. The van der Waals surface area contributed by atoms with Gasteiger partial charge in [0.15, 0.2) is 6.10 Å². The van der Waals surface area contributed by atoms with Crippen LogP contribution in [0.1, 0.15) is 329 Å². The number of carbonyl (C=O) groups is 3. The van der Waals surface area contributed by atoms with E-state index in [1.54, 1.807) is 0 Å². The van der Waals surface area contributed by atoms with E-state index in [0.717, 1.165) is 64.2 Å². The Labute approximate surface area is 417 Å². The molecule has 0 aliphatic rings. The summed E-state index contributed by atoms with van der Waals surface area (Å²) in [6.07, 6.45) is 66.1. The summed E-state index contributed by atoms with van der Waals surface area (Å²) in [6.45, 7) is 6.64. The van der Waals surface area contributed by atoms with E-state index in [1.807, 2.05) is 0 Å². The van der Waals surface area contributed by atoms with E-state index in [-0.39, 0.29) is 31.1 Å². The van der Waals surface area contributed by atoms with Gasteiger partial charge in [-0.25, -0.2) is 0 Å². The minimum absolute atomic E-state index is 0.0706. The summed E-state index contributed by atoms with van der Waals surface area (Å²) in [6, 6.07) is 0. The van der Waals surface area contributed by atoms with Gasteiger partial charge in [0.25, 0.3) is 0 Å². The first-order chi connectivity index (χ1) is 33.0. The van der Waals surface area contributed by atoms with Crippen molar-refractivity contribution < 1.29 is 28.6 Å². The van der Waals surface area contributed by atoms with Crippen molar-refractivity contribution in [3.63, 3.8) is 0 Å². The molecule has 0 aliphatic carbocycles. The Morgan fingerprint density at radius 3 is 0.791 bits per heavy atom. The second kappa shape index (κ2) is 56.5. The number of esters is 3. The highest BCUT2D eigenvalue weighted by atomic mass is 16.6. The van der Waals surface area contributed by atoms with E-state index in [2.05, 4.69) is 45.1 Å². The SMILES string of the molecule is CCCC/C=C\CCCCCCCC(=O)OCC(COC(=O)CCCCCCCCCCC/C=C\CCCCCCCCCC)OC(=O)CCCCCCCCCCCCCCCCCCC. The lowest BCUT2D eigenvalue weighted by atomic mass is 10.0. The van der Waals surface area contributed by atoms with Gasteiger partial charge in [-0.2, -0.15) is 0 Å². The molecule has 0 saturated carbocycles. The number of rotatable bonds is 55. The third-order valence-electron chi connectivity index (χ3n) is 13.4. The zero-order valence-electron chi connectivity index (χ0n) is 45.2. The largest absolute Gasteiger partial charge is 0.462 e. The van der Waals surface area contributed by atoms with E-state index in [9.17, 15) is 14.4 Å². The van der Waals surface area contributed by atoms with Crippen LogP contribution in [0.25, 0.3) is 0 Å². The Hall–Kier alpha value is -2.11. The molecule has 6 heteroatoms. The highest BCUT2D eigenvalue weighted by molar-refractivity contribution is 5.71. The van der Waals surface area contributed by atoms with Gasteiger partial charge in [-0.3, -0.25) is 14.4 Å². The first-order valence-electron chi connectivity index (χ1n) is 29.8. The topological polar surface area (TPSA) is 78.9 Å². The fourth-order valence-corrected chi connectivity index (χ4v) is 8.89. The van der Waals surface area contributed by atoms with Gasteiger partial charge in [0, 0.05) is 19.3 Å². The third-order valence-corrected chi connectivity index (χ3v) is 13.4. The molecule has 0 aromatic carbocycles. The zero-order chi connectivity index (χ0) is 48.6. The lowest BCUT2D eigenvalue weighted by molar-refractivity contribution is -0.167. The van der Waals surface area contributed by atoms with Crippen LogP contribution in [0.3, 0.4) is 0 Å². The molecule has 6 nitrogen and oxygen atoms in total. The minimum Gasteiger partial charge on any atom is -0.462 e. The number of ether oxygens (including phenoxy) is 3. The maximum Gasteiger partial charge on any atom is 0.306 e. The van der Waals surface area contributed by atoms with Crippen molar-refractivity contribution in [3.05, 3.63) is 24.3 Å². The van der Waals surface area contributed by atoms with Crippen molar-refractivity contribution in [2.45, 2.75) is 335 Å². The van der Waals surface area contributed by atoms with Crippen LogP contribution in [0, 0.1) is 0 Å². The van der Waals surface area contributed by atoms with E-state index in [1.165, 1.54) is 225 Å². The minimum atomic E-state index is -0.771. The van der Waals surface area contributed by atoms with Gasteiger partial charge in [-0.05, 0) is 64.2 Å². The van der Waals surface area contributed by atoms with E-state index >= 15 is 0 Å². The second-order valence-corrected chi connectivity index (χ2v) is 20.3. The Morgan fingerprint density at radius 2 is 0.507 bits per heavy atom. The van der Waals surface area contributed by atoms with Gasteiger partial charge >= 0.3 is 17.9 Å². The van der Waals surface area contributed by atoms with E-state index < -0.39 is 6.10 Å². The summed E-state index contributed by atoms with van der Waals surface area (Å²) >= 11 is 0. The molecule has 0 saturated heterocycles. The molecule has 0 radical (unpaired) electrons. The Morgan fingerprint density at radius 1 is 0.284 bits per heavy atom. The fraction of sp³-hybridized carbons (Fsp3) is 0.885. The van der Waals surface area contributed by atoms with Gasteiger partial charge in [-0.1, -0.05) is 270 Å². The third kappa shape index (κ3) is 54.7. The number of unbranched alkanes of at least 4 members (excludes halogenated alkanes) is 40. The lowest BCUT2D eigenvalue weighted by Gasteiger charge is -2.18. The number of hydrogen-bond donors (Lipinski definition) is 0. The van der Waals surface area contributed by atoms with Gasteiger partial charge in [0.05, 0.1) is 0 Å². The van der Waals surface area contributed by atoms with Crippen molar-refractivity contribution >= 4 is 17.9 Å². The molecule has 1 unspecified atom stereocenters. The first kappa shape index (κ1) is 64.9. The molecular weight excluding hydrogens is 829 g/mol. The zero-order valence-corrected chi connectivity index (χ0v) is 45.2. The van der Waals surface area contributed by atoms with Crippen molar-refractivity contribution in [1.29, 1.82) is 0 Å². The Bertz CT molecular complexity index is 1080. The Balaban J connectivity index is 4.26. The summed E-state index contributed by atoms with van der Waals surface area (Å²) in [5.74, 6) is -0.862. The molecule has 0 N–H and O–H groups in total. The van der Waals surface area contributed by atoms with Crippen molar-refractivity contribution in [2.24, 2.45) is 0 Å². The summed E-state index contributed by atoms with van der Waals surface area (Å²) in [5.41, 5.74) is 0. The molecule has 0 aromatic rings. The monoisotopic (exact) mass is 943 g/mol. The van der Waals surface area contributed by atoms with Crippen molar-refractivity contribution in [3.8, 4) is 0 Å². The number of hydrogen-bond acceptors (Lipinski definition) is 6. The van der Waals surface area contributed by atoms with Crippen molar-refractivity contribution in [1.82, 2.24) is 0 Å². The highest BCUT2D eigenvalue weighted by Crippen LogP contribution is 2.17. The predicted octanol–water partition coefficient (Wildman–Crippen LogP) is 19.9. The van der Waals surface area contributed by atoms with Crippen LogP contribution in [0.2, 0.25) is 0 Å². The normalized spacial score (nSPS) is 12.1. The predicted molar refractivity (Wildman–Crippen MR) is 289 cm³/mol. The average Bonchev–Trinajstić information content (AvgIpc) is 3.33. The lowest BCUT2D eigenvalue weighted by Crippen LogP contribution is -2.30. The molecule has 0 spiro atoms. The van der Waals surface area contributed by atoms with Gasteiger partial charge in [0.2, 0.25) is 0 Å². The molecule has 67 heavy (non-hydrogen) atoms. The molecular formula is C61H114O6. The first-order valence-corrected chi connectivity index (χ1v) is 29.8. The smallest absolute Gasteiger partial charge is 0.306 e. The van der Waals surface area contributed by atoms with Gasteiger partial charge in [0.1, 0.15) is 13.2 Å². The number of allylic oxidation sites excluding steroid dienone is 4. The highest BCUT2D eigenvalue weighted by Gasteiger charge is 2.19. The molecule has 394 valence electrons. The van der Waals surface area contributed by atoms with E-state index in [0.29, 0.717) is 19.3 Å². The average molecular weight is 944 g/mol. The standard InChI is InChI=1S/C61H114O6/c1-4-7-10-13-16-19-22-24-26-28-29-30-31-33-34-36-39-42-45-48-51-54-60(63)66-57-58(56-65-59(62)53-50-47-44-41-38-21-18-15-12-9-6-3)67-61(64)55-52-49-46-43-40-37-35-32-27-25-23-20-17-14-11-8-5-2/h15,18,28-29,58H,4-14,16-17,19-27,30-57H2,1-3H3/b18-15-,29-28-. The summed E-state index contributed by atoms with van der Waals surface area (Å²) in [7, 11) is 0. The number of carbonyl (C=O) groups excluding carboxylic acids is 3. The van der Waals surface area contributed by atoms with Crippen molar-refractivity contribution in [2.75, 3.05) is 13.2 Å². The quantitative estimate of drug-likeness (QED) is 0.0262. The molecule has 0 rings (SSSR count). The van der Waals surface area contributed by atoms with Crippen LogP contribution in [0.15, 0.2) is 24.3 Å².